The van der Waals surface area contributed by atoms with Crippen molar-refractivity contribution in [2.24, 2.45) is 11.1 Å². The zero-order chi connectivity index (χ0) is 12.6. The van der Waals surface area contributed by atoms with Crippen LogP contribution >= 0.6 is 11.6 Å². The summed E-state index contributed by atoms with van der Waals surface area (Å²) < 4.78 is 5.40. The fourth-order valence-corrected chi connectivity index (χ4v) is 2.60. The van der Waals surface area contributed by atoms with Crippen molar-refractivity contribution in [3.05, 3.63) is 28.3 Å². The summed E-state index contributed by atoms with van der Waals surface area (Å²) in [7, 11) is 1.63. The first kappa shape index (κ1) is 12.7. The molecule has 0 heterocycles. The minimum Gasteiger partial charge on any atom is -0.496 e. The molecule has 1 atom stereocenters. The minimum atomic E-state index is -0.222. The summed E-state index contributed by atoms with van der Waals surface area (Å²) in [5.74, 6) is 0.779. The van der Waals surface area contributed by atoms with Crippen molar-refractivity contribution in [2.75, 3.05) is 13.7 Å². The molecule has 1 fully saturated rings. The second-order valence-electron chi connectivity index (χ2n) is 4.84. The van der Waals surface area contributed by atoms with Crippen molar-refractivity contribution in [2.45, 2.75) is 25.8 Å². The van der Waals surface area contributed by atoms with Crippen LogP contribution in [0, 0.1) is 12.3 Å². The van der Waals surface area contributed by atoms with E-state index >= 15 is 0 Å². The lowest BCUT2D eigenvalue weighted by atomic mass is 9.90. The van der Waals surface area contributed by atoms with Gasteiger partial charge in [0, 0.05) is 22.0 Å². The molecule has 17 heavy (non-hydrogen) atoms. The number of halogens is 1. The molecule has 1 unspecified atom stereocenters. The maximum atomic E-state index is 9.44. The molecule has 0 bridgehead atoms. The smallest absolute Gasteiger partial charge is 0.126 e. The fourth-order valence-electron chi connectivity index (χ4n) is 2.32. The lowest BCUT2D eigenvalue weighted by Gasteiger charge is -2.24. The molecular formula is C13H18ClNO2. The highest BCUT2D eigenvalue weighted by atomic mass is 35.5. The van der Waals surface area contributed by atoms with Crippen molar-refractivity contribution in [3.63, 3.8) is 0 Å². The predicted molar refractivity (Wildman–Crippen MR) is 68.4 cm³/mol. The third-order valence-electron chi connectivity index (χ3n) is 3.67. The van der Waals surface area contributed by atoms with Crippen LogP contribution in [-0.4, -0.2) is 18.8 Å². The van der Waals surface area contributed by atoms with Crippen molar-refractivity contribution in [1.82, 2.24) is 0 Å². The van der Waals surface area contributed by atoms with Crippen molar-refractivity contribution >= 4 is 11.6 Å². The number of ether oxygens (including phenoxy) is 1. The summed E-state index contributed by atoms with van der Waals surface area (Å²) in [6.07, 6.45) is 1.92. The van der Waals surface area contributed by atoms with Crippen molar-refractivity contribution < 1.29 is 9.84 Å². The Bertz CT molecular complexity index is 430. The largest absolute Gasteiger partial charge is 0.496 e. The van der Waals surface area contributed by atoms with Gasteiger partial charge in [-0.2, -0.15) is 0 Å². The van der Waals surface area contributed by atoms with E-state index in [1.54, 1.807) is 7.11 Å². The number of aryl methyl sites for hydroxylation is 1. The SMILES string of the molecule is COc1c(C)cc(Cl)cc1C(N)C1(CO)CC1. The summed E-state index contributed by atoms with van der Waals surface area (Å²) in [5, 5.41) is 10.1. The van der Waals surface area contributed by atoms with Gasteiger partial charge in [0.05, 0.1) is 13.7 Å². The van der Waals surface area contributed by atoms with Gasteiger partial charge < -0.3 is 15.6 Å². The van der Waals surface area contributed by atoms with Gasteiger partial charge in [0.1, 0.15) is 5.75 Å². The monoisotopic (exact) mass is 255 g/mol. The number of aliphatic hydroxyl groups is 1. The summed E-state index contributed by atoms with van der Waals surface area (Å²) >= 11 is 6.06. The van der Waals surface area contributed by atoms with Crippen molar-refractivity contribution in [1.29, 1.82) is 0 Å². The number of hydrogen-bond donors (Lipinski definition) is 2. The number of benzene rings is 1. The van der Waals surface area contributed by atoms with Crippen LogP contribution in [0.4, 0.5) is 0 Å². The van der Waals surface area contributed by atoms with Gasteiger partial charge >= 0.3 is 0 Å². The Labute approximate surface area is 107 Å². The number of rotatable bonds is 4. The first-order valence-corrected chi connectivity index (χ1v) is 6.12. The minimum absolute atomic E-state index is 0.114. The van der Waals surface area contributed by atoms with Crippen LogP contribution < -0.4 is 10.5 Å². The van der Waals surface area contributed by atoms with Crippen LogP contribution in [0.25, 0.3) is 0 Å². The van der Waals surface area contributed by atoms with Crippen LogP contribution in [0.2, 0.25) is 5.02 Å². The zero-order valence-corrected chi connectivity index (χ0v) is 10.9. The summed E-state index contributed by atoms with van der Waals surface area (Å²) in [6, 6.07) is 3.47. The first-order chi connectivity index (χ1) is 8.04. The lowest BCUT2D eigenvalue weighted by molar-refractivity contribution is 0.186. The van der Waals surface area contributed by atoms with Gasteiger partial charge in [-0.1, -0.05) is 11.6 Å². The highest BCUT2D eigenvalue weighted by Gasteiger charge is 2.48. The number of hydrogen-bond acceptors (Lipinski definition) is 3. The average molecular weight is 256 g/mol. The molecular weight excluding hydrogens is 238 g/mol. The maximum absolute atomic E-state index is 9.44. The Balaban J connectivity index is 2.43. The summed E-state index contributed by atoms with van der Waals surface area (Å²) in [4.78, 5) is 0. The van der Waals surface area contributed by atoms with E-state index in [1.807, 2.05) is 19.1 Å². The van der Waals surface area contributed by atoms with Gasteiger partial charge in [0.25, 0.3) is 0 Å². The highest BCUT2D eigenvalue weighted by molar-refractivity contribution is 6.30. The van der Waals surface area contributed by atoms with E-state index in [4.69, 9.17) is 22.1 Å². The van der Waals surface area contributed by atoms with E-state index in [0.29, 0.717) is 5.02 Å². The Morgan fingerprint density at radius 3 is 2.65 bits per heavy atom. The van der Waals surface area contributed by atoms with E-state index < -0.39 is 0 Å². The summed E-state index contributed by atoms with van der Waals surface area (Å²) in [6.45, 7) is 2.06. The average Bonchev–Trinajstić information content (AvgIpc) is 3.08. The molecule has 0 aliphatic heterocycles. The van der Waals surface area contributed by atoms with Gasteiger partial charge in [0.15, 0.2) is 0 Å². The van der Waals surface area contributed by atoms with Gasteiger partial charge in [-0.3, -0.25) is 0 Å². The third kappa shape index (κ3) is 2.15. The van der Waals surface area contributed by atoms with Crippen LogP contribution in [-0.2, 0) is 0 Å². The molecule has 3 nitrogen and oxygen atoms in total. The first-order valence-electron chi connectivity index (χ1n) is 5.74. The Morgan fingerprint density at radius 1 is 1.53 bits per heavy atom. The molecule has 1 saturated carbocycles. The lowest BCUT2D eigenvalue weighted by Crippen LogP contribution is -2.26. The van der Waals surface area contributed by atoms with Gasteiger partial charge in [0.2, 0.25) is 0 Å². The van der Waals surface area contributed by atoms with E-state index in [-0.39, 0.29) is 18.1 Å². The molecule has 0 radical (unpaired) electrons. The third-order valence-corrected chi connectivity index (χ3v) is 3.89. The molecule has 1 aromatic carbocycles. The predicted octanol–water partition coefficient (Wildman–Crippen LogP) is 2.43. The molecule has 4 heteroatoms. The molecule has 0 spiro atoms. The Morgan fingerprint density at radius 2 is 2.18 bits per heavy atom. The van der Waals surface area contributed by atoms with E-state index in [1.165, 1.54) is 0 Å². The molecule has 0 saturated heterocycles. The molecule has 2 rings (SSSR count). The van der Waals surface area contributed by atoms with Crippen LogP contribution in [0.5, 0.6) is 5.75 Å². The standard InChI is InChI=1S/C13H18ClNO2/c1-8-5-9(14)6-10(11(8)17-2)12(15)13(7-16)3-4-13/h5-6,12,16H,3-4,7,15H2,1-2H3. The molecule has 3 N–H and O–H groups in total. The van der Waals surface area contributed by atoms with Crippen LogP contribution in [0.3, 0.4) is 0 Å². The normalized spacial score (nSPS) is 18.9. The van der Waals surface area contributed by atoms with Gasteiger partial charge in [-0.05, 0) is 37.5 Å². The van der Waals surface area contributed by atoms with E-state index in [2.05, 4.69) is 0 Å². The molecule has 0 amide bonds. The zero-order valence-electron chi connectivity index (χ0n) is 10.2. The van der Waals surface area contributed by atoms with Crippen LogP contribution in [0.15, 0.2) is 12.1 Å². The molecule has 94 valence electrons. The maximum Gasteiger partial charge on any atom is 0.126 e. The quantitative estimate of drug-likeness (QED) is 0.869. The highest BCUT2D eigenvalue weighted by Crippen LogP contribution is 2.55. The fraction of sp³-hybridized carbons (Fsp3) is 0.538. The Kier molecular flexibility index (Phi) is 3.34. The number of methoxy groups -OCH3 is 1. The Hall–Kier alpha value is -0.770. The van der Waals surface area contributed by atoms with Gasteiger partial charge in [-0.25, -0.2) is 0 Å². The van der Waals surface area contributed by atoms with E-state index in [0.717, 1.165) is 29.7 Å². The topological polar surface area (TPSA) is 55.5 Å². The molecule has 1 aromatic rings. The molecule has 1 aliphatic carbocycles. The van der Waals surface area contributed by atoms with E-state index in [9.17, 15) is 5.11 Å². The number of nitrogens with two attached hydrogens (primary N) is 1. The second kappa shape index (κ2) is 4.48. The molecule has 0 aromatic heterocycles. The van der Waals surface area contributed by atoms with Crippen molar-refractivity contribution in [3.8, 4) is 5.75 Å². The number of aliphatic hydroxyl groups excluding tert-OH is 1. The van der Waals surface area contributed by atoms with Crippen LogP contribution in [0.1, 0.15) is 30.0 Å². The summed E-state index contributed by atoms with van der Waals surface area (Å²) in [5.41, 5.74) is 7.95. The van der Waals surface area contributed by atoms with Gasteiger partial charge in [-0.15, -0.1) is 0 Å². The molecule has 1 aliphatic rings. The second-order valence-corrected chi connectivity index (χ2v) is 5.28.